The zero-order chi connectivity index (χ0) is 50.7. The second kappa shape index (κ2) is 59.6. The van der Waals surface area contributed by atoms with Gasteiger partial charge in [-0.2, -0.15) is 0 Å². The summed E-state index contributed by atoms with van der Waals surface area (Å²) >= 11 is 0. The first-order valence-electron chi connectivity index (χ1n) is 31.3. The minimum atomic E-state index is -0.847. The number of allylic oxidation sites excluding steroid dienone is 5. The number of amides is 1. The van der Waals surface area contributed by atoms with Crippen LogP contribution in [0.15, 0.2) is 36.5 Å². The fraction of sp³-hybridized carbons (Fsp3) is 0.875. The zero-order valence-corrected chi connectivity index (χ0v) is 47.0. The first-order valence-corrected chi connectivity index (χ1v) is 31.3. The number of carbonyl (C=O) groups is 2. The Morgan fingerprint density at radius 1 is 0.386 bits per heavy atom. The predicted molar refractivity (Wildman–Crippen MR) is 306 cm³/mol. The molecule has 0 spiro atoms. The van der Waals surface area contributed by atoms with E-state index in [2.05, 4.69) is 43.5 Å². The first kappa shape index (κ1) is 68.1. The minimum Gasteiger partial charge on any atom is -0.466 e. The summed E-state index contributed by atoms with van der Waals surface area (Å²) in [6.45, 7) is 4.90. The maximum Gasteiger partial charge on any atom is 0.305 e. The number of rotatable bonds is 58. The number of ether oxygens (including phenoxy) is 1. The molecule has 0 radical (unpaired) electrons. The maximum atomic E-state index is 12.4. The van der Waals surface area contributed by atoms with Crippen molar-refractivity contribution in [3.8, 4) is 0 Å². The smallest absolute Gasteiger partial charge is 0.305 e. The molecular formula is C64H121NO5. The molecule has 0 aromatic carbocycles. The number of unbranched alkanes of at least 4 members (excludes halogenated alkanes) is 43. The third-order valence-corrected chi connectivity index (χ3v) is 14.4. The van der Waals surface area contributed by atoms with E-state index in [4.69, 9.17) is 4.74 Å². The normalized spacial score (nSPS) is 12.8. The molecule has 0 aliphatic carbocycles. The van der Waals surface area contributed by atoms with E-state index in [1.807, 2.05) is 6.08 Å². The molecule has 1 amide bonds. The second-order valence-electron chi connectivity index (χ2n) is 21.4. The van der Waals surface area contributed by atoms with Crippen molar-refractivity contribution in [2.75, 3.05) is 13.2 Å². The third kappa shape index (κ3) is 55.4. The molecule has 6 heteroatoms. The molecule has 6 nitrogen and oxygen atoms in total. The Balaban J connectivity index is 3.40. The molecule has 0 heterocycles. The first-order chi connectivity index (χ1) is 34.5. The largest absolute Gasteiger partial charge is 0.466 e. The van der Waals surface area contributed by atoms with Gasteiger partial charge in [-0.15, -0.1) is 0 Å². The summed E-state index contributed by atoms with van der Waals surface area (Å²) in [5.41, 5.74) is 0. The third-order valence-electron chi connectivity index (χ3n) is 14.4. The summed E-state index contributed by atoms with van der Waals surface area (Å²) in [6.07, 6.45) is 74.7. The number of carbonyl (C=O) groups excluding carboxylic acids is 2. The van der Waals surface area contributed by atoms with E-state index in [9.17, 15) is 19.8 Å². The standard InChI is InChI=1S/C64H121NO5/c1-3-5-7-9-11-13-15-17-18-19-28-31-34-38-42-46-50-54-58-64(69)70-59-55-51-47-43-39-35-32-29-26-24-22-20-21-23-25-27-30-33-37-41-45-49-53-57-63(68)65-61(60-66)62(67)56-52-48-44-40-36-16-14-12-10-8-6-4-2/h18-19,23,25,52,56,61-62,66-67H,3-17,20-22,24,26-51,53-55,57-60H2,1-2H3,(H,65,68)/b19-18-,25-23-,56-52+. The van der Waals surface area contributed by atoms with Crippen molar-refractivity contribution in [1.82, 2.24) is 5.32 Å². The maximum absolute atomic E-state index is 12.4. The molecule has 0 saturated carbocycles. The lowest BCUT2D eigenvalue weighted by atomic mass is 10.0. The highest BCUT2D eigenvalue weighted by atomic mass is 16.5. The van der Waals surface area contributed by atoms with E-state index < -0.39 is 12.1 Å². The summed E-state index contributed by atoms with van der Waals surface area (Å²) < 4.78 is 5.49. The summed E-state index contributed by atoms with van der Waals surface area (Å²) in [5.74, 6) is -0.0667. The Bertz CT molecular complexity index is 1130. The van der Waals surface area contributed by atoms with Gasteiger partial charge in [-0.05, 0) is 83.5 Å². The van der Waals surface area contributed by atoms with Gasteiger partial charge in [0.1, 0.15) is 0 Å². The molecular weight excluding hydrogens is 863 g/mol. The van der Waals surface area contributed by atoms with Crippen molar-refractivity contribution in [2.24, 2.45) is 0 Å². The van der Waals surface area contributed by atoms with Gasteiger partial charge in [-0.25, -0.2) is 0 Å². The van der Waals surface area contributed by atoms with E-state index >= 15 is 0 Å². The highest BCUT2D eigenvalue weighted by Crippen LogP contribution is 2.17. The molecule has 70 heavy (non-hydrogen) atoms. The highest BCUT2D eigenvalue weighted by Gasteiger charge is 2.18. The predicted octanol–water partition coefficient (Wildman–Crippen LogP) is 19.6. The average Bonchev–Trinajstić information content (AvgIpc) is 3.36. The van der Waals surface area contributed by atoms with Crippen molar-refractivity contribution in [3.05, 3.63) is 36.5 Å². The van der Waals surface area contributed by atoms with Gasteiger partial charge in [-0.1, -0.05) is 275 Å². The van der Waals surface area contributed by atoms with Crippen LogP contribution in [-0.4, -0.2) is 47.4 Å². The number of aliphatic hydroxyl groups is 2. The Morgan fingerprint density at radius 3 is 1.01 bits per heavy atom. The van der Waals surface area contributed by atoms with Crippen LogP contribution in [0.4, 0.5) is 0 Å². The lowest BCUT2D eigenvalue weighted by Crippen LogP contribution is -2.45. The van der Waals surface area contributed by atoms with Gasteiger partial charge in [0, 0.05) is 12.8 Å². The van der Waals surface area contributed by atoms with Gasteiger partial charge < -0.3 is 20.3 Å². The van der Waals surface area contributed by atoms with E-state index in [0.717, 1.165) is 51.4 Å². The number of hydrogen-bond acceptors (Lipinski definition) is 5. The topological polar surface area (TPSA) is 95.9 Å². The molecule has 0 aliphatic rings. The molecule has 3 N–H and O–H groups in total. The van der Waals surface area contributed by atoms with Crippen LogP contribution in [0.25, 0.3) is 0 Å². The van der Waals surface area contributed by atoms with Gasteiger partial charge in [0.15, 0.2) is 0 Å². The number of hydrogen-bond donors (Lipinski definition) is 3. The van der Waals surface area contributed by atoms with Crippen molar-refractivity contribution in [1.29, 1.82) is 0 Å². The average molecular weight is 985 g/mol. The second-order valence-corrected chi connectivity index (χ2v) is 21.4. The fourth-order valence-electron chi connectivity index (χ4n) is 9.57. The summed E-state index contributed by atoms with van der Waals surface area (Å²) in [6, 6.07) is -0.632. The zero-order valence-electron chi connectivity index (χ0n) is 47.0. The van der Waals surface area contributed by atoms with Gasteiger partial charge in [0.25, 0.3) is 0 Å². The molecule has 0 aliphatic heterocycles. The van der Waals surface area contributed by atoms with E-state index in [0.29, 0.717) is 19.4 Å². The number of esters is 1. The van der Waals surface area contributed by atoms with Crippen molar-refractivity contribution >= 4 is 11.9 Å². The van der Waals surface area contributed by atoms with Crippen LogP contribution in [0.1, 0.15) is 335 Å². The SMILES string of the molecule is CCCCCCCCC/C=C\CCCCCCCCCC(=O)OCCCCCCCCCCCCCC/C=C\CCCCCCCCCC(=O)NC(CO)C(O)/C=C/CCCCCCCCCCCC. The van der Waals surface area contributed by atoms with Crippen LogP contribution in [-0.2, 0) is 14.3 Å². The minimum absolute atomic E-state index is 0.00802. The van der Waals surface area contributed by atoms with Gasteiger partial charge in [0.05, 0.1) is 25.4 Å². The molecule has 0 aromatic rings. The fourth-order valence-corrected chi connectivity index (χ4v) is 9.57. The number of aliphatic hydroxyl groups excluding tert-OH is 2. The van der Waals surface area contributed by atoms with Gasteiger partial charge in [-0.3, -0.25) is 9.59 Å². The summed E-state index contributed by atoms with van der Waals surface area (Å²) in [4.78, 5) is 24.5. The van der Waals surface area contributed by atoms with Crippen molar-refractivity contribution in [3.63, 3.8) is 0 Å². The molecule has 0 aromatic heterocycles. The molecule has 0 rings (SSSR count). The summed E-state index contributed by atoms with van der Waals surface area (Å²) in [7, 11) is 0. The molecule has 0 saturated heterocycles. The van der Waals surface area contributed by atoms with Crippen LogP contribution < -0.4 is 5.32 Å². The summed E-state index contributed by atoms with van der Waals surface area (Å²) in [5, 5.41) is 23.0. The van der Waals surface area contributed by atoms with Crippen LogP contribution in [0, 0.1) is 0 Å². The Hall–Kier alpha value is -1.92. The Kier molecular flexibility index (Phi) is 58.0. The van der Waals surface area contributed by atoms with Crippen LogP contribution in [0.5, 0.6) is 0 Å². The van der Waals surface area contributed by atoms with Crippen LogP contribution in [0.3, 0.4) is 0 Å². The quantitative estimate of drug-likeness (QED) is 0.0321. The van der Waals surface area contributed by atoms with Crippen LogP contribution in [0.2, 0.25) is 0 Å². The molecule has 0 fully saturated rings. The van der Waals surface area contributed by atoms with E-state index in [1.54, 1.807) is 6.08 Å². The molecule has 2 unspecified atom stereocenters. The Morgan fingerprint density at radius 2 is 0.671 bits per heavy atom. The lowest BCUT2D eigenvalue weighted by molar-refractivity contribution is -0.143. The molecule has 412 valence electrons. The Labute approximate surface area is 436 Å². The van der Waals surface area contributed by atoms with Gasteiger partial charge >= 0.3 is 5.97 Å². The highest BCUT2D eigenvalue weighted by molar-refractivity contribution is 5.76. The van der Waals surface area contributed by atoms with Crippen molar-refractivity contribution < 1.29 is 24.5 Å². The van der Waals surface area contributed by atoms with E-state index in [-0.39, 0.29) is 18.5 Å². The van der Waals surface area contributed by atoms with Crippen LogP contribution >= 0.6 is 0 Å². The van der Waals surface area contributed by atoms with Crippen molar-refractivity contribution in [2.45, 2.75) is 347 Å². The van der Waals surface area contributed by atoms with E-state index in [1.165, 1.54) is 257 Å². The number of nitrogens with one attached hydrogen (secondary N) is 1. The molecule has 2 atom stereocenters. The molecule has 0 bridgehead atoms. The van der Waals surface area contributed by atoms with Gasteiger partial charge in [0.2, 0.25) is 5.91 Å². The lowest BCUT2D eigenvalue weighted by Gasteiger charge is -2.20. The monoisotopic (exact) mass is 984 g/mol.